The molecule has 104 valence electrons. The minimum Gasteiger partial charge on any atom is -0.346 e. The highest BCUT2D eigenvalue weighted by Gasteiger charge is 2.41. The zero-order valence-electron chi connectivity index (χ0n) is 13.1. The van der Waals surface area contributed by atoms with Gasteiger partial charge < -0.3 is 4.90 Å². The predicted octanol–water partition coefficient (Wildman–Crippen LogP) is 3.66. The van der Waals surface area contributed by atoms with Crippen LogP contribution in [0.15, 0.2) is 0 Å². The van der Waals surface area contributed by atoms with E-state index in [0.717, 1.165) is 32.2 Å². The number of hydrogen-bond acceptors (Lipinski definition) is 1. The Balaban J connectivity index is 0.000000659. The van der Waals surface area contributed by atoms with Gasteiger partial charge in [-0.2, -0.15) is 0 Å². The summed E-state index contributed by atoms with van der Waals surface area (Å²) in [7, 11) is 8.05. The first kappa shape index (κ1) is 17.5. The minimum absolute atomic E-state index is 0.0304. The molecular weight excluding hydrogens is 221 g/mol. The molecule has 0 aromatic rings. The Morgan fingerprint density at radius 3 is 2.33 bits per heavy atom. The van der Waals surface area contributed by atoms with Gasteiger partial charge in [0.15, 0.2) is 0 Å². The Hall–Kier alpha value is -0.465. The molecule has 0 N–H and O–H groups in total. The number of carbonyl (C=O) groups excluding carboxylic acids is 1. The van der Waals surface area contributed by atoms with E-state index in [-0.39, 0.29) is 11.2 Å². The van der Waals surface area contributed by atoms with Crippen LogP contribution >= 0.6 is 0 Å². The summed E-state index contributed by atoms with van der Waals surface area (Å²) >= 11 is 0. The third kappa shape index (κ3) is 4.33. The molecule has 1 aliphatic carbocycles. The van der Waals surface area contributed by atoms with Crippen LogP contribution in [-0.2, 0) is 4.79 Å². The third-order valence-electron chi connectivity index (χ3n) is 3.85. The average molecular weight is 251 g/mol. The van der Waals surface area contributed by atoms with Crippen LogP contribution in [0.25, 0.3) is 0 Å². The first-order chi connectivity index (χ1) is 8.49. The van der Waals surface area contributed by atoms with Gasteiger partial charge in [-0.05, 0) is 18.8 Å². The number of rotatable bonds is 0. The third-order valence-corrected chi connectivity index (χ3v) is 3.85. The van der Waals surface area contributed by atoms with Crippen molar-refractivity contribution in [2.24, 2.45) is 11.8 Å². The van der Waals surface area contributed by atoms with E-state index in [1.807, 2.05) is 39.6 Å². The Labute approximate surface area is 115 Å². The molecule has 1 saturated heterocycles. The van der Waals surface area contributed by atoms with Gasteiger partial charge in [0.05, 0.1) is 7.85 Å². The second-order valence-corrected chi connectivity index (χ2v) is 5.31. The number of likely N-dealkylation sites (tertiary alicyclic amines) is 1. The zero-order valence-corrected chi connectivity index (χ0v) is 13.1. The summed E-state index contributed by atoms with van der Waals surface area (Å²) in [6, 6.07) is 0. The zero-order chi connectivity index (χ0) is 14.3. The van der Waals surface area contributed by atoms with Crippen molar-refractivity contribution in [3.8, 4) is 0 Å². The molecule has 2 aliphatic rings. The van der Waals surface area contributed by atoms with Crippen LogP contribution in [0, 0.1) is 11.8 Å². The molecule has 3 heteroatoms. The van der Waals surface area contributed by atoms with Crippen molar-refractivity contribution in [2.45, 2.75) is 65.6 Å². The molecule has 0 aromatic heterocycles. The van der Waals surface area contributed by atoms with Crippen molar-refractivity contribution in [3.05, 3.63) is 0 Å². The molecule has 0 spiro atoms. The number of piperidine rings is 1. The molecule has 1 saturated carbocycles. The molecule has 1 aliphatic heterocycles. The van der Waals surface area contributed by atoms with Crippen LogP contribution in [0.3, 0.4) is 0 Å². The maximum absolute atomic E-state index is 11.9. The van der Waals surface area contributed by atoms with Crippen LogP contribution in [-0.4, -0.2) is 32.2 Å². The van der Waals surface area contributed by atoms with Gasteiger partial charge in [-0.15, -0.1) is 0 Å². The lowest BCUT2D eigenvalue weighted by Gasteiger charge is -2.45. The van der Waals surface area contributed by atoms with Gasteiger partial charge in [-0.3, -0.25) is 4.79 Å². The van der Waals surface area contributed by atoms with E-state index in [1.165, 1.54) is 0 Å². The van der Waals surface area contributed by atoms with Crippen LogP contribution < -0.4 is 0 Å². The van der Waals surface area contributed by atoms with Crippen LogP contribution in [0.1, 0.15) is 60.3 Å². The van der Waals surface area contributed by atoms with Crippen molar-refractivity contribution in [3.63, 3.8) is 0 Å². The Bertz CT molecular complexity index is 253. The van der Waals surface area contributed by atoms with Gasteiger partial charge in [0, 0.05) is 19.5 Å². The molecule has 2 nitrogen and oxygen atoms in total. The van der Waals surface area contributed by atoms with Crippen molar-refractivity contribution in [2.75, 3.05) is 13.6 Å². The Morgan fingerprint density at radius 1 is 1.22 bits per heavy atom. The minimum atomic E-state index is -0.0304. The fourth-order valence-corrected chi connectivity index (χ4v) is 2.95. The van der Waals surface area contributed by atoms with Crippen molar-refractivity contribution >= 4 is 13.8 Å². The van der Waals surface area contributed by atoms with Crippen molar-refractivity contribution in [1.82, 2.24) is 4.90 Å². The lowest BCUT2D eigenvalue weighted by Crippen LogP contribution is -2.46. The molecule has 3 atom stereocenters. The average Bonchev–Trinajstić information content (AvgIpc) is 2.38. The smallest absolute Gasteiger partial charge is 0.225 e. The molecule has 2 radical (unpaired) electrons. The topological polar surface area (TPSA) is 20.3 Å². The number of fused-ring (bicyclic) bond motifs is 1. The summed E-state index contributed by atoms with van der Waals surface area (Å²) in [6.45, 7) is 11.0. The van der Waals surface area contributed by atoms with Crippen LogP contribution in [0.5, 0.6) is 0 Å². The van der Waals surface area contributed by atoms with Crippen LogP contribution in [0.4, 0.5) is 0 Å². The quantitative estimate of drug-likeness (QED) is 0.601. The molecule has 2 fully saturated rings. The standard InChI is InChI=1S/C11H18BNO.2C2H6/c1-11(12)5-3-9-8(7-11)4-6-13(2)10(9)14;2*1-2/h8-9H,3-7H2,1-2H3;2*1-2H3. The maximum Gasteiger partial charge on any atom is 0.225 e. The van der Waals surface area contributed by atoms with E-state index < -0.39 is 0 Å². The van der Waals surface area contributed by atoms with Gasteiger partial charge >= 0.3 is 0 Å². The molecule has 18 heavy (non-hydrogen) atoms. The summed E-state index contributed by atoms with van der Waals surface area (Å²) < 4.78 is 0. The molecule has 1 heterocycles. The normalized spacial score (nSPS) is 34.6. The highest BCUT2D eigenvalue weighted by Crippen LogP contribution is 2.47. The van der Waals surface area contributed by atoms with Crippen molar-refractivity contribution in [1.29, 1.82) is 0 Å². The monoisotopic (exact) mass is 251 g/mol. The summed E-state index contributed by atoms with van der Waals surface area (Å²) in [6.07, 6.45) is 4.14. The van der Waals surface area contributed by atoms with Gasteiger partial charge in [-0.25, -0.2) is 0 Å². The summed E-state index contributed by atoms with van der Waals surface area (Å²) in [4.78, 5) is 13.7. The van der Waals surface area contributed by atoms with E-state index in [4.69, 9.17) is 7.85 Å². The van der Waals surface area contributed by atoms with E-state index >= 15 is 0 Å². The summed E-state index contributed by atoms with van der Waals surface area (Å²) in [5.41, 5.74) is 0. The second kappa shape index (κ2) is 7.86. The molecule has 2 rings (SSSR count). The Kier molecular flexibility index (Phi) is 7.65. The molecule has 0 bridgehead atoms. The highest BCUT2D eigenvalue weighted by atomic mass is 16.2. The fraction of sp³-hybridized carbons (Fsp3) is 0.933. The highest BCUT2D eigenvalue weighted by molar-refractivity contribution is 6.15. The molecular formula is C15H30BNO. The molecule has 1 amide bonds. The van der Waals surface area contributed by atoms with Gasteiger partial charge in [0.2, 0.25) is 5.91 Å². The molecule has 3 unspecified atom stereocenters. The number of nitrogens with zero attached hydrogens (tertiary/aromatic N) is 1. The first-order valence-electron chi connectivity index (χ1n) is 7.53. The van der Waals surface area contributed by atoms with E-state index in [0.29, 0.717) is 11.8 Å². The van der Waals surface area contributed by atoms with Gasteiger partial charge in [-0.1, -0.05) is 52.8 Å². The number of carbonyl (C=O) groups is 1. The number of hydrogen-bond donors (Lipinski definition) is 0. The number of amides is 1. The fourth-order valence-electron chi connectivity index (χ4n) is 2.95. The maximum atomic E-state index is 11.9. The van der Waals surface area contributed by atoms with Gasteiger partial charge in [0.1, 0.15) is 0 Å². The summed E-state index contributed by atoms with van der Waals surface area (Å²) in [5, 5.41) is -0.0304. The lowest BCUT2D eigenvalue weighted by molar-refractivity contribution is -0.141. The van der Waals surface area contributed by atoms with E-state index in [1.54, 1.807) is 0 Å². The largest absolute Gasteiger partial charge is 0.346 e. The van der Waals surface area contributed by atoms with Crippen LogP contribution in [0.2, 0.25) is 5.31 Å². The van der Waals surface area contributed by atoms with E-state index in [9.17, 15) is 4.79 Å². The second-order valence-electron chi connectivity index (χ2n) is 5.31. The van der Waals surface area contributed by atoms with Crippen molar-refractivity contribution < 1.29 is 4.79 Å². The first-order valence-corrected chi connectivity index (χ1v) is 7.53. The molecule has 0 aromatic carbocycles. The SMILES string of the molecule is CC.CC.[B]C1(C)CCC2C(=O)N(C)CCC2C1. The Morgan fingerprint density at radius 2 is 1.78 bits per heavy atom. The van der Waals surface area contributed by atoms with E-state index in [2.05, 4.69) is 6.92 Å². The lowest BCUT2D eigenvalue weighted by atomic mass is 9.55. The predicted molar refractivity (Wildman–Crippen MR) is 79.9 cm³/mol. The van der Waals surface area contributed by atoms with Gasteiger partial charge in [0.25, 0.3) is 0 Å². The summed E-state index contributed by atoms with van der Waals surface area (Å²) in [5.74, 6) is 1.16.